The number of fused-ring (bicyclic) bond motifs is 1. The van der Waals surface area contributed by atoms with E-state index in [1.54, 1.807) is 6.21 Å². The summed E-state index contributed by atoms with van der Waals surface area (Å²) in [6.07, 6.45) is 1.77. The highest BCUT2D eigenvalue weighted by atomic mass is 16.3. The first-order chi connectivity index (χ1) is 24.2. The molecule has 5 aromatic carbocycles. The van der Waals surface area contributed by atoms with E-state index >= 15 is 0 Å². The number of para-hydroxylation sites is 1. The van der Waals surface area contributed by atoms with Crippen molar-refractivity contribution in [2.24, 2.45) is 4.99 Å². The molecule has 0 fully saturated rings. The maximum absolute atomic E-state index is 11.4. The molecule has 0 aliphatic carbocycles. The number of rotatable bonds is 5. The number of nitrogens with zero attached hydrogens (tertiary/aromatic N) is 2. The van der Waals surface area contributed by atoms with E-state index in [0.717, 1.165) is 38.9 Å². The van der Waals surface area contributed by atoms with E-state index < -0.39 is 0 Å². The van der Waals surface area contributed by atoms with Gasteiger partial charge in [-0.2, -0.15) is 0 Å². The largest absolute Gasteiger partial charge is 0.507 e. The number of benzene rings is 5. The van der Waals surface area contributed by atoms with Gasteiger partial charge in [0.25, 0.3) is 0 Å². The Morgan fingerprint density at radius 3 is 1.67 bits per heavy atom. The second-order valence-corrected chi connectivity index (χ2v) is 18.3. The first-order valence-electron chi connectivity index (χ1n) is 18.4. The van der Waals surface area contributed by atoms with Gasteiger partial charge >= 0.3 is 0 Å². The van der Waals surface area contributed by atoms with E-state index in [2.05, 4.69) is 150 Å². The monoisotopic (exact) mass is 690 g/mol. The number of oxazole rings is 1. The van der Waals surface area contributed by atoms with Crippen molar-refractivity contribution in [2.45, 2.75) is 105 Å². The number of phenols is 1. The summed E-state index contributed by atoms with van der Waals surface area (Å²) in [7, 11) is 0. The Hall–Kier alpha value is -4.96. The predicted molar refractivity (Wildman–Crippen MR) is 220 cm³/mol. The SMILES string of the molecule is CC(C)(C)c1ccc(-c2ccc(-c3cc(C(C)(C)C)cc4oc(-c5ccccc5N=Cc5cc(C(C)(C)C)cc(C(C)(C)C)c5O)nc34)cc2)cc1. The lowest BCUT2D eigenvalue weighted by molar-refractivity contribution is 0.444. The van der Waals surface area contributed by atoms with Crippen molar-refractivity contribution in [1.29, 1.82) is 0 Å². The molecule has 0 radical (unpaired) electrons. The number of hydrogen-bond acceptors (Lipinski definition) is 4. The van der Waals surface area contributed by atoms with Gasteiger partial charge in [-0.1, -0.05) is 150 Å². The molecule has 0 aliphatic heterocycles. The third-order valence-corrected chi connectivity index (χ3v) is 9.93. The van der Waals surface area contributed by atoms with Crippen molar-refractivity contribution in [2.75, 3.05) is 0 Å². The van der Waals surface area contributed by atoms with Crippen LogP contribution in [0.5, 0.6) is 5.75 Å². The predicted octanol–water partition coefficient (Wildman–Crippen LogP) is 13.5. The minimum absolute atomic E-state index is 0.0893. The molecular weight excluding hydrogens is 637 g/mol. The van der Waals surface area contributed by atoms with Crippen LogP contribution in [0.25, 0.3) is 44.8 Å². The molecule has 1 heterocycles. The first-order valence-corrected chi connectivity index (χ1v) is 18.4. The lowest BCUT2D eigenvalue weighted by atomic mass is 9.79. The van der Waals surface area contributed by atoms with Gasteiger partial charge in [-0.25, -0.2) is 4.98 Å². The molecule has 4 nitrogen and oxygen atoms in total. The number of hydrogen-bond donors (Lipinski definition) is 1. The molecule has 0 saturated carbocycles. The second kappa shape index (κ2) is 13.2. The topological polar surface area (TPSA) is 58.6 Å². The van der Waals surface area contributed by atoms with Crippen LogP contribution in [-0.4, -0.2) is 16.3 Å². The van der Waals surface area contributed by atoms with Gasteiger partial charge in [-0.3, -0.25) is 4.99 Å². The number of aromatic nitrogens is 1. The van der Waals surface area contributed by atoms with E-state index in [1.165, 1.54) is 22.3 Å². The Kier molecular flexibility index (Phi) is 9.36. The fraction of sp³-hybridized carbons (Fsp3) is 0.333. The quantitative estimate of drug-likeness (QED) is 0.183. The van der Waals surface area contributed by atoms with E-state index in [9.17, 15) is 5.11 Å². The first kappa shape index (κ1) is 36.8. The Morgan fingerprint density at radius 1 is 0.558 bits per heavy atom. The summed E-state index contributed by atoms with van der Waals surface area (Å²) in [5, 5.41) is 11.4. The lowest BCUT2D eigenvalue weighted by Gasteiger charge is -2.27. The van der Waals surface area contributed by atoms with Crippen LogP contribution in [0.1, 0.15) is 111 Å². The molecule has 0 bridgehead atoms. The molecule has 52 heavy (non-hydrogen) atoms. The van der Waals surface area contributed by atoms with Crippen LogP contribution in [0.3, 0.4) is 0 Å². The van der Waals surface area contributed by atoms with Gasteiger partial charge < -0.3 is 9.52 Å². The Morgan fingerprint density at radius 2 is 1.10 bits per heavy atom. The van der Waals surface area contributed by atoms with Crippen molar-refractivity contribution >= 4 is 23.0 Å². The third-order valence-electron chi connectivity index (χ3n) is 9.93. The van der Waals surface area contributed by atoms with Crippen LogP contribution in [0, 0.1) is 0 Å². The standard InChI is InChI=1S/C48H54N2O2/c1-45(2,3)34-23-21-31(22-24-34)30-17-19-32(20-18-30)38-26-36(47(7,8)9)28-41-42(38)50-44(52-41)37-15-13-14-16-40(37)49-29-33-25-35(46(4,5)6)27-39(43(33)51)48(10,11)12/h13-29,51H,1-12H3. The van der Waals surface area contributed by atoms with Gasteiger partial charge in [-0.05, 0) is 85.4 Å². The van der Waals surface area contributed by atoms with E-state index in [4.69, 9.17) is 14.4 Å². The minimum Gasteiger partial charge on any atom is -0.507 e. The summed E-state index contributed by atoms with van der Waals surface area (Å²) in [5.41, 5.74) is 12.5. The van der Waals surface area contributed by atoms with E-state index in [1.807, 2.05) is 30.3 Å². The van der Waals surface area contributed by atoms with Gasteiger partial charge in [0.2, 0.25) is 5.89 Å². The van der Waals surface area contributed by atoms with Crippen molar-refractivity contribution in [3.63, 3.8) is 0 Å². The summed E-state index contributed by atoms with van der Waals surface area (Å²) >= 11 is 0. The number of aliphatic imine (C=N–C) groups is 1. The lowest BCUT2D eigenvalue weighted by Crippen LogP contribution is -2.17. The highest BCUT2D eigenvalue weighted by Gasteiger charge is 2.25. The summed E-state index contributed by atoms with van der Waals surface area (Å²) in [4.78, 5) is 10.1. The van der Waals surface area contributed by atoms with Crippen molar-refractivity contribution < 1.29 is 9.52 Å². The smallest absolute Gasteiger partial charge is 0.229 e. The zero-order valence-corrected chi connectivity index (χ0v) is 33.1. The van der Waals surface area contributed by atoms with Crippen molar-refractivity contribution in [3.8, 4) is 39.5 Å². The highest BCUT2D eigenvalue weighted by Crippen LogP contribution is 2.41. The Balaban J connectivity index is 1.42. The molecular formula is C48H54N2O2. The molecule has 6 rings (SSSR count). The van der Waals surface area contributed by atoms with Gasteiger partial charge in [-0.15, -0.1) is 0 Å². The van der Waals surface area contributed by atoms with E-state index in [0.29, 0.717) is 17.1 Å². The van der Waals surface area contributed by atoms with Crippen molar-refractivity contribution in [3.05, 3.63) is 125 Å². The molecule has 1 N–H and O–H groups in total. The maximum Gasteiger partial charge on any atom is 0.229 e. The van der Waals surface area contributed by atoms with Crippen LogP contribution >= 0.6 is 0 Å². The van der Waals surface area contributed by atoms with Gasteiger partial charge in [0, 0.05) is 22.9 Å². The van der Waals surface area contributed by atoms with Gasteiger partial charge in [0.1, 0.15) is 11.3 Å². The third kappa shape index (κ3) is 7.62. The Bertz CT molecular complexity index is 2260. The molecule has 0 atom stereocenters. The van der Waals surface area contributed by atoms with Gasteiger partial charge in [0.15, 0.2) is 5.58 Å². The summed E-state index contributed by atoms with van der Waals surface area (Å²) in [5.74, 6) is 0.768. The van der Waals surface area contributed by atoms with Crippen LogP contribution in [0.4, 0.5) is 5.69 Å². The zero-order chi connectivity index (χ0) is 37.8. The average Bonchev–Trinajstić information content (AvgIpc) is 3.50. The molecule has 0 aliphatic rings. The molecule has 0 amide bonds. The molecule has 0 spiro atoms. The van der Waals surface area contributed by atoms with Crippen molar-refractivity contribution in [1.82, 2.24) is 4.98 Å². The maximum atomic E-state index is 11.4. The molecule has 0 unspecified atom stereocenters. The van der Waals surface area contributed by atoms with Gasteiger partial charge in [0.05, 0.1) is 11.3 Å². The fourth-order valence-electron chi connectivity index (χ4n) is 6.47. The summed E-state index contributed by atoms with van der Waals surface area (Å²) in [6, 6.07) is 34.1. The summed E-state index contributed by atoms with van der Waals surface area (Å²) < 4.78 is 6.59. The molecule has 0 saturated heterocycles. The van der Waals surface area contributed by atoms with Crippen LogP contribution in [-0.2, 0) is 21.7 Å². The van der Waals surface area contributed by atoms with Crippen LogP contribution < -0.4 is 0 Å². The summed E-state index contributed by atoms with van der Waals surface area (Å²) in [6.45, 7) is 26.3. The molecule has 1 aromatic heterocycles. The number of phenolic OH excluding ortho intramolecular Hbond substituents is 1. The normalized spacial score (nSPS) is 13.0. The zero-order valence-electron chi connectivity index (χ0n) is 33.1. The average molecular weight is 691 g/mol. The molecule has 6 aromatic rings. The van der Waals surface area contributed by atoms with Crippen LogP contribution in [0.2, 0.25) is 0 Å². The van der Waals surface area contributed by atoms with Crippen LogP contribution in [0.15, 0.2) is 106 Å². The molecule has 268 valence electrons. The van der Waals surface area contributed by atoms with E-state index in [-0.39, 0.29) is 27.4 Å². The highest BCUT2D eigenvalue weighted by molar-refractivity contribution is 5.94. The molecule has 4 heteroatoms. The Labute approximate surface area is 310 Å². The fourth-order valence-corrected chi connectivity index (χ4v) is 6.47. The number of aromatic hydroxyl groups is 1. The minimum atomic E-state index is -0.230. The second-order valence-electron chi connectivity index (χ2n) is 18.3.